The molecule has 1 aliphatic rings. The molecule has 1 saturated heterocycles. The number of carbonyl (C=O) groups excluding carboxylic acids is 1. The van der Waals surface area contributed by atoms with Crippen LogP contribution in [0.25, 0.3) is 0 Å². The minimum Gasteiger partial charge on any atom is -0.302 e. The van der Waals surface area contributed by atoms with Crippen molar-refractivity contribution in [3.8, 4) is 0 Å². The van der Waals surface area contributed by atoms with Gasteiger partial charge in [0.1, 0.15) is 0 Å². The van der Waals surface area contributed by atoms with E-state index in [4.69, 9.17) is 0 Å². The van der Waals surface area contributed by atoms with E-state index in [-0.39, 0.29) is 5.91 Å². The standard InChI is InChI=1S/C16H21N3OS2/c1-12-4-6-19(7-5-12)10-13-11-22-16(17-13)18-15(20)9-14-3-2-8-21-14/h2-3,8,11-12H,4-7,9-10H2,1H3,(H,17,18,20). The lowest BCUT2D eigenvalue weighted by molar-refractivity contribution is -0.115. The number of likely N-dealkylation sites (tertiary alicyclic amines) is 1. The van der Waals surface area contributed by atoms with E-state index in [1.807, 2.05) is 17.5 Å². The van der Waals surface area contributed by atoms with Gasteiger partial charge >= 0.3 is 0 Å². The topological polar surface area (TPSA) is 45.2 Å². The van der Waals surface area contributed by atoms with Crippen LogP contribution in [0.3, 0.4) is 0 Å². The monoisotopic (exact) mass is 335 g/mol. The molecule has 0 atom stereocenters. The van der Waals surface area contributed by atoms with E-state index in [9.17, 15) is 4.79 Å². The molecule has 0 spiro atoms. The molecule has 1 N–H and O–H groups in total. The predicted molar refractivity (Wildman–Crippen MR) is 92.4 cm³/mol. The van der Waals surface area contributed by atoms with E-state index in [0.29, 0.717) is 11.6 Å². The van der Waals surface area contributed by atoms with Crippen molar-refractivity contribution in [2.75, 3.05) is 18.4 Å². The second kappa shape index (κ2) is 7.35. The number of anilines is 1. The number of aromatic nitrogens is 1. The largest absolute Gasteiger partial charge is 0.302 e. The van der Waals surface area contributed by atoms with Gasteiger partial charge in [-0.25, -0.2) is 4.98 Å². The Bertz CT molecular complexity index is 601. The lowest BCUT2D eigenvalue weighted by Crippen LogP contribution is -2.32. The second-order valence-electron chi connectivity index (χ2n) is 5.91. The highest BCUT2D eigenvalue weighted by molar-refractivity contribution is 7.14. The van der Waals surface area contributed by atoms with Crippen molar-refractivity contribution in [3.63, 3.8) is 0 Å². The minimum absolute atomic E-state index is 0.00940. The zero-order valence-electron chi connectivity index (χ0n) is 12.7. The summed E-state index contributed by atoms with van der Waals surface area (Å²) in [4.78, 5) is 20.0. The van der Waals surface area contributed by atoms with Crippen LogP contribution in [0.5, 0.6) is 0 Å². The first kappa shape index (κ1) is 15.6. The van der Waals surface area contributed by atoms with Gasteiger partial charge in [0.2, 0.25) is 5.91 Å². The van der Waals surface area contributed by atoms with Crippen molar-refractivity contribution in [2.24, 2.45) is 5.92 Å². The molecule has 3 heterocycles. The number of nitrogens with zero attached hydrogens (tertiary/aromatic N) is 2. The molecular formula is C16H21N3OS2. The molecule has 3 rings (SSSR count). The van der Waals surface area contributed by atoms with Gasteiger partial charge in [-0.15, -0.1) is 22.7 Å². The van der Waals surface area contributed by atoms with Crippen LogP contribution < -0.4 is 5.32 Å². The fourth-order valence-corrected chi connectivity index (χ4v) is 4.04. The molecule has 0 aliphatic carbocycles. The van der Waals surface area contributed by atoms with Crippen LogP contribution in [0.4, 0.5) is 5.13 Å². The van der Waals surface area contributed by atoms with Crippen LogP contribution in [0.1, 0.15) is 30.3 Å². The summed E-state index contributed by atoms with van der Waals surface area (Å²) in [5, 5.41) is 7.66. The molecule has 1 aliphatic heterocycles. The molecule has 6 heteroatoms. The number of nitrogens with one attached hydrogen (secondary N) is 1. The second-order valence-corrected chi connectivity index (χ2v) is 7.80. The number of amides is 1. The Morgan fingerprint density at radius 2 is 2.23 bits per heavy atom. The van der Waals surface area contributed by atoms with E-state index in [1.54, 1.807) is 11.3 Å². The van der Waals surface area contributed by atoms with E-state index in [1.165, 1.54) is 24.2 Å². The minimum atomic E-state index is 0.00940. The number of carbonyl (C=O) groups is 1. The molecule has 22 heavy (non-hydrogen) atoms. The molecule has 1 fully saturated rings. The molecule has 0 aromatic carbocycles. The van der Waals surface area contributed by atoms with Gasteiger partial charge in [-0.2, -0.15) is 0 Å². The summed E-state index contributed by atoms with van der Waals surface area (Å²) in [6.07, 6.45) is 2.97. The summed E-state index contributed by atoms with van der Waals surface area (Å²) in [6, 6.07) is 3.95. The van der Waals surface area contributed by atoms with Crippen LogP contribution in [0.2, 0.25) is 0 Å². The predicted octanol–water partition coefficient (Wildman–Crippen LogP) is 3.62. The smallest absolute Gasteiger partial charge is 0.231 e. The van der Waals surface area contributed by atoms with E-state index >= 15 is 0 Å². The van der Waals surface area contributed by atoms with Gasteiger partial charge < -0.3 is 5.32 Å². The third-order valence-corrected chi connectivity index (χ3v) is 5.66. The molecule has 2 aromatic rings. The molecule has 0 bridgehead atoms. The maximum absolute atomic E-state index is 12.0. The van der Waals surface area contributed by atoms with Crippen LogP contribution in [0, 0.1) is 5.92 Å². The van der Waals surface area contributed by atoms with Crippen LogP contribution in [-0.4, -0.2) is 28.9 Å². The molecular weight excluding hydrogens is 314 g/mol. The molecule has 4 nitrogen and oxygen atoms in total. The average Bonchev–Trinajstić information content (AvgIpc) is 3.14. The van der Waals surface area contributed by atoms with Gasteiger partial charge in [0, 0.05) is 16.8 Å². The Labute approximate surface area is 139 Å². The zero-order valence-corrected chi connectivity index (χ0v) is 14.4. The van der Waals surface area contributed by atoms with Gasteiger partial charge in [-0.3, -0.25) is 9.69 Å². The number of thiazole rings is 1. The maximum Gasteiger partial charge on any atom is 0.231 e. The average molecular weight is 335 g/mol. The summed E-state index contributed by atoms with van der Waals surface area (Å²) < 4.78 is 0. The number of hydrogen-bond acceptors (Lipinski definition) is 5. The van der Waals surface area contributed by atoms with Crippen molar-refractivity contribution in [1.82, 2.24) is 9.88 Å². The number of thiophene rings is 1. The fraction of sp³-hybridized carbons (Fsp3) is 0.500. The first-order valence-corrected chi connectivity index (χ1v) is 9.44. The highest BCUT2D eigenvalue weighted by atomic mass is 32.1. The van der Waals surface area contributed by atoms with Gasteiger partial charge in [-0.1, -0.05) is 13.0 Å². The Morgan fingerprint density at radius 1 is 1.41 bits per heavy atom. The first-order valence-electron chi connectivity index (χ1n) is 7.68. The van der Waals surface area contributed by atoms with Crippen molar-refractivity contribution in [2.45, 2.75) is 32.7 Å². The summed E-state index contributed by atoms with van der Waals surface area (Å²) in [5.41, 5.74) is 1.06. The molecule has 1 amide bonds. The third kappa shape index (κ3) is 4.38. The van der Waals surface area contributed by atoms with Crippen molar-refractivity contribution >= 4 is 33.7 Å². The zero-order chi connectivity index (χ0) is 15.4. The van der Waals surface area contributed by atoms with Gasteiger partial charge in [-0.05, 0) is 43.3 Å². The quantitative estimate of drug-likeness (QED) is 0.908. The Hall–Kier alpha value is -1.24. The normalized spacial score (nSPS) is 16.8. The molecule has 0 radical (unpaired) electrons. The highest BCUT2D eigenvalue weighted by Gasteiger charge is 2.17. The SMILES string of the molecule is CC1CCN(Cc2csc(NC(=O)Cc3cccs3)n2)CC1. The molecule has 0 unspecified atom stereocenters. The molecule has 0 saturated carbocycles. The number of hydrogen-bond donors (Lipinski definition) is 1. The van der Waals surface area contributed by atoms with Crippen LogP contribution >= 0.6 is 22.7 Å². The van der Waals surface area contributed by atoms with Gasteiger partial charge in [0.25, 0.3) is 0 Å². The van der Waals surface area contributed by atoms with Crippen LogP contribution in [0.15, 0.2) is 22.9 Å². The van der Waals surface area contributed by atoms with E-state index in [0.717, 1.165) is 36.1 Å². The third-order valence-electron chi connectivity index (χ3n) is 3.97. The molecule has 118 valence electrons. The number of piperidine rings is 1. The van der Waals surface area contributed by atoms with Gasteiger partial charge in [0.05, 0.1) is 12.1 Å². The fourth-order valence-electron chi connectivity index (χ4n) is 2.62. The first-order chi connectivity index (χ1) is 10.7. The van der Waals surface area contributed by atoms with E-state index < -0.39 is 0 Å². The number of rotatable bonds is 5. The Kier molecular flexibility index (Phi) is 5.23. The van der Waals surface area contributed by atoms with Crippen molar-refractivity contribution < 1.29 is 4.79 Å². The lowest BCUT2D eigenvalue weighted by Gasteiger charge is -2.29. The summed E-state index contributed by atoms with van der Waals surface area (Å²) in [5.74, 6) is 0.855. The summed E-state index contributed by atoms with van der Waals surface area (Å²) in [7, 11) is 0. The van der Waals surface area contributed by atoms with Crippen LogP contribution in [-0.2, 0) is 17.8 Å². The van der Waals surface area contributed by atoms with Gasteiger partial charge in [0.15, 0.2) is 5.13 Å². The highest BCUT2D eigenvalue weighted by Crippen LogP contribution is 2.21. The lowest BCUT2D eigenvalue weighted by atomic mass is 9.99. The summed E-state index contributed by atoms with van der Waals surface area (Å²) in [6.45, 7) is 5.52. The summed E-state index contributed by atoms with van der Waals surface area (Å²) >= 11 is 3.12. The Balaban J connectivity index is 1.49. The van der Waals surface area contributed by atoms with Crippen molar-refractivity contribution in [3.05, 3.63) is 33.5 Å². The molecule has 2 aromatic heterocycles. The van der Waals surface area contributed by atoms with Crippen molar-refractivity contribution in [1.29, 1.82) is 0 Å². The maximum atomic E-state index is 12.0. The van der Waals surface area contributed by atoms with E-state index in [2.05, 4.69) is 27.5 Å². The Morgan fingerprint density at radius 3 is 2.95 bits per heavy atom.